The van der Waals surface area contributed by atoms with E-state index >= 15 is 0 Å². The number of halogens is 1. The van der Waals surface area contributed by atoms with E-state index in [0.29, 0.717) is 23.0 Å². The Labute approximate surface area is 178 Å². The van der Waals surface area contributed by atoms with Gasteiger partial charge in [-0.2, -0.15) is 0 Å². The number of hydrogen-bond donors (Lipinski definition) is 0. The van der Waals surface area contributed by atoms with Gasteiger partial charge in [-0.25, -0.2) is 4.79 Å². The molecule has 150 valence electrons. The van der Waals surface area contributed by atoms with Gasteiger partial charge in [0.15, 0.2) is 0 Å². The Hall–Kier alpha value is -3.24. The highest BCUT2D eigenvalue weighted by Crippen LogP contribution is 2.35. The minimum Gasteiger partial charge on any atom is -0.487 e. The zero-order chi connectivity index (χ0) is 20.5. The molecular weight excluding hydrogens is 400 g/mol. The normalized spacial score (nSPS) is 12.7. The minimum absolute atomic E-state index is 0.256. The summed E-state index contributed by atoms with van der Waals surface area (Å²) in [5, 5.41) is 1.40. The second-order valence-corrected chi connectivity index (χ2v) is 7.74. The van der Waals surface area contributed by atoms with Crippen LogP contribution >= 0.6 is 11.6 Å². The predicted octanol–water partition coefficient (Wildman–Crippen LogP) is 6.31. The molecular formula is C25H19ClO4. The minimum atomic E-state index is -0.256. The third kappa shape index (κ3) is 3.66. The van der Waals surface area contributed by atoms with Crippen molar-refractivity contribution < 1.29 is 13.9 Å². The molecule has 3 aromatic carbocycles. The number of hydrogen-bond acceptors (Lipinski definition) is 4. The summed E-state index contributed by atoms with van der Waals surface area (Å²) in [5.41, 5.74) is 3.04. The van der Waals surface area contributed by atoms with Gasteiger partial charge in [0, 0.05) is 17.0 Å². The molecule has 0 aliphatic heterocycles. The maximum Gasteiger partial charge on any atom is 0.339 e. The number of fused-ring (bicyclic) bond motifs is 3. The number of aryl methyl sites for hydroxylation is 1. The van der Waals surface area contributed by atoms with Crippen molar-refractivity contribution in [1.82, 2.24) is 0 Å². The molecule has 1 heterocycles. The van der Waals surface area contributed by atoms with Crippen molar-refractivity contribution in [3.63, 3.8) is 0 Å². The van der Waals surface area contributed by atoms with Gasteiger partial charge < -0.3 is 13.9 Å². The maximum atomic E-state index is 12.2. The quantitative estimate of drug-likeness (QED) is 0.356. The second kappa shape index (κ2) is 7.88. The van der Waals surface area contributed by atoms with Crippen LogP contribution in [0.25, 0.3) is 11.0 Å². The average molecular weight is 419 g/mol. The maximum absolute atomic E-state index is 12.2. The van der Waals surface area contributed by atoms with Gasteiger partial charge in [0.1, 0.15) is 29.4 Å². The Morgan fingerprint density at radius 2 is 1.70 bits per heavy atom. The third-order valence-corrected chi connectivity index (χ3v) is 5.59. The van der Waals surface area contributed by atoms with E-state index in [1.807, 2.05) is 60.7 Å². The van der Waals surface area contributed by atoms with Gasteiger partial charge in [0.2, 0.25) is 0 Å². The molecule has 0 N–H and O–H groups in total. The Morgan fingerprint density at radius 1 is 0.900 bits per heavy atom. The third-order valence-electron chi connectivity index (χ3n) is 5.30. The zero-order valence-electron chi connectivity index (χ0n) is 16.2. The van der Waals surface area contributed by atoms with Crippen molar-refractivity contribution in [2.45, 2.75) is 25.9 Å². The van der Waals surface area contributed by atoms with E-state index in [1.54, 1.807) is 6.07 Å². The highest BCUT2D eigenvalue weighted by Gasteiger charge is 2.21. The highest BCUT2D eigenvalue weighted by atomic mass is 35.5. The van der Waals surface area contributed by atoms with Crippen LogP contribution in [0.4, 0.5) is 0 Å². The lowest BCUT2D eigenvalue weighted by molar-refractivity contribution is 0.305. The fourth-order valence-corrected chi connectivity index (χ4v) is 4.10. The summed E-state index contributed by atoms with van der Waals surface area (Å²) in [4.78, 5) is 12.2. The number of para-hydroxylation sites is 1. The number of ether oxygens (including phenoxy) is 2. The van der Waals surface area contributed by atoms with Gasteiger partial charge in [-0.15, -0.1) is 0 Å². The Balaban J connectivity index is 1.38. The lowest BCUT2D eigenvalue weighted by atomic mass is 10.1. The predicted molar refractivity (Wildman–Crippen MR) is 117 cm³/mol. The molecule has 5 heteroatoms. The van der Waals surface area contributed by atoms with Crippen molar-refractivity contribution in [2.24, 2.45) is 0 Å². The van der Waals surface area contributed by atoms with Crippen molar-refractivity contribution in [1.29, 1.82) is 0 Å². The van der Waals surface area contributed by atoms with Crippen LogP contribution in [0.3, 0.4) is 0 Å². The summed E-state index contributed by atoms with van der Waals surface area (Å²) in [6, 6.07) is 20.9. The van der Waals surface area contributed by atoms with E-state index in [2.05, 4.69) is 0 Å². The Bertz CT molecular complexity index is 1280. The van der Waals surface area contributed by atoms with Gasteiger partial charge in [0.05, 0.1) is 5.02 Å². The van der Waals surface area contributed by atoms with E-state index in [-0.39, 0.29) is 5.63 Å². The van der Waals surface area contributed by atoms with Gasteiger partial charge in [0.25, 0.3) is 0 Å². The average Bonchev–Trinajstić information content (AvgIpc) is 3.25. The van der Waals surface area contributed by atoms with E-state index < -0.39 is 0 Å². The molecule has 0 bridgehead atoms. The molecule has 0 unspecified atom stereocenters. The van der Waals surface area contributed by atoms with E-state index in [0.717, 1.165) is 52.8 Å². The molecule has 0 saturated heterocycles. The monoisotopic (exact) mass is 418 g/mol. The van der Waals surface area contributed by atoms with Gasteiger partial charge in [-0.1, -0.05) is 41.9 Å². The molecule has 1 aromatic heterocycles. The summed E-state index contributed by atoms with van der Waals surface area (Å²) in [7, 11) is 0. The van der Waals surface area contributed by atoms with E-state index in [4.69, 9.17) is 25.5 Å². The lowest BCUT2D eigenvalue weighted by Gasteiger charge is -2.12. The van der Waals surface area contributed by atoms with Gasteiger partial charge in [-0.3, -0.25) is 0 Å². The van der Waals surface area contributed by atoms with Crippen LogP contribution in [0.15, 0.2) is 75.9 Å². The molecule has 1 aliphatic rings. The van der Waals surface area contributed by atoms with Crippen LogP contribution in [0.1, 0.15) is 23.1 Å². The summed E-state index contributed by atoms with van der Waals surface area (Å²) in [5.74, 6) is 1.99. The molecule has 0 amide bonds. The molecule has 1 aliphatic carbocycles. The molecule has 0 spiro atoms. The van der Waals surface area contributed by atoms with Gasteiger partial charge >= 0.3 is 5.63 Å². The molecule has 0 fully saturated rings. The number of rotatable bonds is 5. The molecule has 4 aromatic rings. The smallest absolute Gasteiger partial charge is 0.339 e. The first-order valence-electron chi connectivity index (χ1n) is 9.90. The molecule has 5 rings (SSSR count). The zero-order valence-corrected chi connectivity index (χ0v) is 16.9. The first-order valence-corrected chi connectivity index (χ1v) is 10.3. The lowest BCUT2D eigenvalue weighted by Crippen LogP contribution is -2.07. The van der Waals surface area contributed by atoms with Crippen LogP contribution in [0, 0.1) is 0 Å². The van der Waals surface area contributed by atoms with Crippen molar-refractivity contribution in [3.05, 3.63) is 98.9 Å². The van der Waals surface area contributed by atoms with Gasteiger partial charge in [-0.05, 0) is 60.7 Å². The molecule has 4 nitrogen and oxygen atoms in total. The van der Waals surface area contributed by atoms with Crippen molar-refractivity contribution in [2.75, 3.05) is 0 Å². The van der Waals surface area contributed by atoms with E-state index in [9.17, 15) is 4.79 Å². The van der Waals surface area contributed by atoms with Crippen molar-refractivity contribution >= 4 is 22.6 Å². The van der Waals surface area contributed by atoms with E-state index in [1.165, 1.54) is 0 Å². The Morgan fingerprint density at radius 3 is 2.57 bits per heavy atom. The largest absolute Gasteiger partial charge is 0.487 e. The van der Waals surface area contributed by atoms with Crippen LogP contribution in [-0.4, -0.2) is 0 Å². The highest BCUT2D eigenvalue weighted by molar-refractivity contribution is 6.32. The first-order chi connectivity index (χ1) is 14.7. The topological polar surface area (TPSA) is 48.7 Å². The molecule has 0 radical (unpaired) electrons. The fourth-order valence-electron chi connectivity index (χ4n) is 3.88. The molecule has 30 heavy (non-hydrogen) atoms. The van der Waals surface area contributed by atoms with Crippen LogP contribution in [0.2, 0.25) is 5.02 Å². The second-order valence-electron chi connectivity index (χ2n) is 7.33. The summed E-state index contributed by atoms with van der Waals surface area (Å²) >= 11 is 6.48. The standard InChI is InChI=1S/C25H19ClO4/c26-22-13-21-19-10-5-11-20(19)25(27)30-23(21)14-24(22)28-15-16-6-4-9-18(12-16)29-17-7-2-1-3-8-17/h1-4,6-9,12-14H,5,10-11,15H2. The molecule has 0 saturated carbocycles. The molecule has 0 atom stereocenters. The summed E-state index contributed by atoms with van der Waals surface area (Å²) < 4.78 is 17.3. The van der Waals surface area contributed by atoms with Crippen molar-refractivity contribution in [3.8, 4) is 17.2 Å². The summed E-state index contributed by atoms with van der Waals surface area (Å²) in [6.45, 7) is 0.312. The Kier molecular flexibility index (Phi) is 4.93. The number of benzene rings is 3. The fraction of sp³-hybridized carbons (Fsp3) is 0.160. The van der Waals surface area contributed by atoms with Crippen LogP contribution in [0.5, 0.6) is 17.2 Å². The SMILES string of the molecule is O=c1oc2cc(OCc3cccc(Oc4ccccc4)c3)c(Cl)cc2c2c1CCC2. The summed E-state index contributed by atoms with van der Waals surface area (Å²) in [6.07, 6.45) is 2.61. The van der Waals surface area contributed by atoms with Crippen LogP contribution < -0.4 is 15.1 Å². The first kappa shape index (κ1) is 18.8. The van der Waals surface area contributed by atoms with Crippen LogP contribution in [-0.2, 0) is 19.4 Å².